The SMILES string of the molecule is CCCN(CCC)c1c(CC)nn2c(-c3c(C)cc(C)cc3OC)cccc12. The molecule has 0 atom stereocenters. The Labute approximate surface area is 169 Å². The summed E-state index contributed by atoms with van der Waals surface area (Å²) in [6.45, 7) is 13.0. The van der Waals surface area contributed by atoms with Gasteiger partial charge in [-0.1, -0.05) is 32.9 Å². The molecule has 0 fully saturated rings. The number of aromatic nitrogens is 2. The predicted octanol–water partition coefficient (Wildman–Crippen LogP) is 5.82. The second kappa shape index (κ2) is 8.68. The van der Waals surface area contributed by atoms with Crippen LogP contribution in [0.1, 0.15) is 50.4 Å². The molecule has 0 aliphatic rings. The van der Waals surface area contributed by atoms with Gasteiger partial charge in [0.25, 0.3) is 0 Å². The molecule has 3 aromatic rings. The Morgan fingerprint density at radius 1 is 1.04 bits per heavy atom. The lowest BCUT2D eigenvalue weighted by Gasteiger charge is -2.24. The minimum absolute atomic E-state index is 0.902. The maximum Gasteiger partial charge on any atom is 0.128 e. The minimum Gasteiger partial charge on any atom is -0.496 e. The zero-order chi connectivity index (χ0) is 20.3. The summed E-state index contributed by atoms with van der Waals surface area (Å²) in [6, 6.07) is 10.8. The van der Waals surface area contributed by atoms with Crippen LogP contribution in [0.25, 0.3) is 16.8 Å². The molecule has 0 unspecified atom stereocenters. The Morgan fingerprint density at radius 3 is 2.36 bits per heavy atom. The molecule has 150 valence electrons. The van der Waals surface area contributed by atoms with Gasteiger partial charge in [-0.15, -0.1) is 0 Å². The number of nitrogens with zero attached hydrogens (tertiary/aromatic N) is 3. The van der Waals surface area contributed by atoms with Crippen molar-refractivity contribution < 1.29 is 4.74 Å². The third kappa shape index (κ3) is 3.60. The van der Waals surface area contributed by atoms with Crippen LogP contribution < -0.4 is 9.64 Å². The molecule has 1 aromatic carbocycles. The third-order valence-electron chi connectivity index (χ3n) is 5.26. The smallest absolute Gasteiger partial charge is 0.128 e. The number of fused-ring (bicyclic) bond motifs is 1. The van der Waals surface area contributed by atoms with Crippen molar-refractivity contribution in [1.82, 2.24) is 9.61 Å². The molecule has 0 N–H and O–H groups in total. The van der Waals surface area contributed by atoms with Crippen molar-refractivity contribution in [2.24, 2.45) is 0 Å². The molecule has 28 heavy (non-hydrogen) atoms. The molecule has 0 aliphatic heterocycles. The first kappa shape index (κ1) is 20.2. The number of benzene rings is 1. The van der Waals surface area contributed by atoms with Crippen LogP contribution in [0.4, 0.5) is 5.69 Å². The zero-order valence-corrected chi connectivity index (χ0v) is 18.2. The summed E-state index contributed by atoms with van der Waals surface area (Å²) in [5, 5.41) is 5.05. The van der Waals surface area contributed by atoms with Gasteiger partial charge in [0, 0.05) is 18.7 Å². The Kier molecular flexibility index (Phi) is 6.28. The Hall–Kier alpha value is -2.49. The van der Waals surface area contributed by atoms with E-state index in [4.69, 9.17) is 9.84 Å². The summed E-state index contributed by atoms with van der Waals surface area (Å²) in [5.74, 6) is 0.902. The molecule has 4 heteroatoms. The maximum absolute atomic E-state index is 5.75. The van der Waals surface area contributed by atoms with Gasteiger partial charge in [-0.3, -0.25) is 0 Å². The Bertz CT molecular complexity index is 952. The molecule has 4 nitrogen and oxygen atoms in total. The predicted molar refractivity (Wildman–Crippen MR) is 119 cm³/mol. The van der Waals surface area contributed by atoms with Crippen molar-refractivity contribution in [3.05, 3.63) is 47.2 Å². The third-order valence-corrected chi connectivity index (χ3v) is 5.26. The lowest BCUT2D eigenvalue weighted by atomic mass is 10.0. The lowest BCUT2D eigenvalue weighted by molar-refractivity contribution is 0.415. The molecule has 0 saturated carbocycles. The number of ether oxygens (including phenoxy) is 1. The van der Waals surface area contributed by atoms with Crippen molar-refractivity contribution in [1.29, 1.82) is 0 Å². The van der Waals surface area contributed by atoms with Crippen molar-refractivity contribution in [3.63, 3.8) is 0 Å². The van der Waals surface area contributed by atoms with E-state index in [0.717, 1.165) is 55.1 Å². The summed E-state index contributed by atoms with van der Waals surface area (Å²) in [5.41, 5.74) is 8.25. The lowest BCUT2D eigenvalue weighted by Crippen LogP contribution is -2.25. The van der Waals surface area contributed by atoms with Gasteiger partial charge < -0.3 is 9.64 Å². The van der Waals surface area contributed by atoms with E-state index in [1.54, 1.807) is 7.11 Å². The standard InChI is InChI=1S/C24H33N3O/c1-7-13-26(14-8-2)24-19(9-3)25-27-20(11-10-12-21(24)27)23-18(5)15-17(4)16-22(23)28-6/h10-12,15-16H,7-9,13-14H2,1-6H3. The molecule has 3 rings (SSSR count). The normalized spacial score (nSPS) is 11.2. The average molecular weight is 380 g/mol. The highest BCUT2D eigenvalue weighted by Gasteiger charge is 2.21. The van der Waals surface area contributed by atoms with Gasteiger partial charge in [-0.2, -0.15) is 5.10 Å². The van der Waals surface area contributed by atoms with E-state index in [1.807, 2.05) is 0 Å². The number of anilines is 1. The van der Waals surface area contributed by atoms with E-state index in [1.165, 1.54) is 22.3 Å². The van der Waals surface area contributed by atoms with Crippen LogP contribution in [0.15, 0.2) is 30.3 Å². The van der Waals surface area contributed by atoms with E-state index < -0.39 is 0 Å². The highest BCUT2D eigenvalue weighted by atomic mass is 16.5. The van der Waals surface area contributed by atoms with E-state index >= 15 is 0 Å². The van der Waals surface area contributed by atoms with Crippen LogP contribution >= 0.6 is 0 Å². The summed E-state index contributed by atoms with van der Waals surface area (Å²) in [7, 11) is 1.74. The van der Waals surface area contributed by atoms with E-state index in [0.29, 0.717) is 0 Å². The highest BCUT2D eigenvalue weighted by Crippen LogP contribution is 2.37. The second-order valence-corrected chi connectivity index (χ2v) is 7.50. The quantitative estimate of drug-likeness (QED) is 0.494. The molecular weight excluding hydrogens is 346 g/mol. The Morgan fingerprint density at radius 2 is 1.75 bits per heavy atom. The maximum atomic E-state index is 5.75. The van der Waals surface area contributed by atoms with Gasteiger partial charge in [0.05, 0.1) is 29.7 Å². The molecule has 0 bridgehead atoms. The van der Waals surface area contributed by atoms with Crippen LogP contribution in [0.5, 0.6) is 5.75 Å². The average Bonchev–Trinajstić information content (AvgIpc) is 3.06. The van der Waals surface area contributed by atoms with Crippen molar-refractivity contribution in [2.75, 3.05) is 25.1 Å². The number of methoxy groups -OCH3 is 1. The summed E-state index contributed by atoms with van der Waals surface area (Å²) >= 11 is 0. The number of hydrogen-bond donors (Lipinski definition) is 0. The number of hydrogen-bond acceptors (Lipinski definition) is 3. The fraction of sp³-hybridized carbons (Fsp3) is 0.458. The number of rotatable bonds is 8. The topological polar surface area (TPSA) is 29.8 Å². The van der Waals surface area contributed by atoms with E-state index in [9.17, 15) is 0 Å². The van der Waals surface area contributed by atoms with Gasteiger partial charge >= 0.3 is 0 Å². The van der Waals surface area contributed by atoms with Gasteiger partial charge in [0.15, 0.2) is 0 Å². The molecule has 0 radical (unpaired) electrons. The van der Waals surface area contributed by atoms with E-state index in [-0.39, 0.29) is 0 Å². The molecule has 2 heterocycles. The summed E-state index contributed by atoms with van der Waals surface area (Å²) in [6.07, 6.45) is 3.18. The van der Waals surface area contributed by atoms with E-state index in [2.05, 4.69) is 74.4 Å². The van der Waals surface area contributed by atoms with Crippen molar-refractivity contribution in [2.45, 2.75) is 53.9 Å². The molecular formula is C24H33N3O. The zero-order valence-electron chi connectivity index (χ0n) is 18.2. The highest BCUT2D eigenvalue weighted by molar-refractivity contribution is 5.81. The minimum atomic E-state index is 0.902. The molecule has 0 aliphatic carbocycles. The number of pyridine rings is 1. The monoisotopic (exact) mass is 379 g/mol. The first-order chi connectivity index (χ1) is 13.5. The molecule has 0 saturated heterocycles. The fourth-order valence-corrected chi connectivity index (χ4v) is 4.17. The number of aryl methyl sites for hydroxylation is 3. The Balaban J connectivity index is 2.29. The van der Waals surface area contributed by atoms with Crippen molar-refractivity contribution >= 4 is 11.2 Å². The summed E-state index contributed by atoms with van der Waals surface area (Å²) < 4.78 is 7.86. The molecule has 0 amide bonds. The fourth-order valence-electron chi connectivity index (χ4n) is 4.17. The van der Waals surface area contributed by atoms with Gasteiger partial charge in [-0.05, 0) is 62.4 Å². The van der Waals surface area contributed by atoms with Crippen LogP contribution in [0, 0.1) is 13.8 Å². The van der Waals surface area contributed by atoms with Gasteiger partial charge in [0.1, 0.15) is 5.75 Å². The first-order valence-electron chi connectivity index (χ1n) is 10.5. The van der Waals surface area contributed by atoms with Crippen molar-refractivity contribution in [3.8, 4) is 17.0 Å². The van der Waals surface area contributed by atoms with Gasteiger partial charge in [-0.25, -0.2) is 4.52 Å². The largest absolute Gasteiger partial charge is 0.496 e. The molecule has 2 aromatic heterocycles. The van der Waals surface area contributed by atoms with Crippen LogP contribution in [0.3, 0.4) is 0 Å². The second-order valence-electron chi connectivity index (χ2n) is 7.50. The van der Waals surface area contributed by atoms with Gasteiger partial charge in [0.2, 0.25) is 0 Å². The molecule has 0 spiro atoms. The van der Waals surface area contributed by atoms with Crippen LogP contribution in [0.2, 0.25) is 0 Å². The van der Waals surface area contributed by atoms with Crippen LogP contribution in [-0.2, 0) is 6.42 Å². The van der Waals surface area contributed by atoms with Crippen LogP contribution in [-0.4, -0.2) is 29.8 Å². The first-order valence-corrected chi connectivity index (χ1v) is 10.5. The summed E-state index contributed by atoms with van der Waals surface area (Å²) in [4.78, 5) is 2.50.